The van der Waals surface area contributed by atoms with Crippen LogP contribution < -0.4 is 16.4 Å². The van der Waals surface area contributed by atoms with Crippen molar-refractivity contribution in [2.75, 3.05) is 36.0 Å². The third kappa shape index (κ3) is 2.72. The van der Waals surface area contributed by atoms with E-state index in [-0.39, 0.29) is 5.91 Å². The first-order valence-electron chi connectivity index (χ1n) is 7.33. The number of nitrogens with one attached hydrogen (secondary N) is 2. The van der Waals surface area contributed by atoms with Gasteiger partial charge in [0.15, 0.2) is 0 Å². The van der Waals surface area contributed by atoms with Gasteiger partial charge in [-0.2, -0.15) is 0 Å². The Morgan fingerprint density at radius 2 is 2.15 bits per heavy atom. The molecule has 1 fully saturated rings. The number of nitrogens with zero attached hydrogens (tertiary/aromatic N) is 1. The van der Waals surface area contributed by atoms with E-state index in [4.69, 9.17) is 5.73 Å². The Morgan fingerprint density at radius 1 is 1.40 bits per heavy atom. The van der Waals surface area contributed by atoms with Gasteiger partial charge in [0.25, 0.3) is 0 Å². The summed E-state index contributed by atoms with van der Waals surface area (Å²) in [6, 6.07) is 4.19. The van der Waals surface area contributed by atoms with Crippen molar-refractivity contribution >= 4 is 23.0 Å². The zero-order chi connectivity index (χ0) is 14.1. The molecular weight excluding hydrogens is 252 g/mol. The third-order valence-corrected chi connectivity index (χ3v) is 4.03. The van der Waals surface area contributed by atoms with Crippen molar-refractivity contribution in [3.05, 3.63) is 17.7 Å². The van der Waals surface area contributed by atoms with Crippen LogP contribution in [0.2, 0.25) is 0 Å². The molecule has 1 aromatic carbocycles. The molecule has 4 N–H and O–H groups in total. The van der Waals surface area contributed by atoms with Crippen LogP contribution in [0.1, 0.15) is 25.3 Å². The number of amides is 1. The molecule has 20 heavy (non-hydrogen) atoms. The Hall–Kier alpha value is -1.75. The number of carbonyl (C=O) groups excluding carboxylic acids is 1. The Bertz CT molecular complexity index is 523. The number of hydrogen-bond acceptors (Lipinski definition) is 4. The fourth-order valence-corrected chi connectivity index (χ4v) is 3.08. The number of nitrogens with two attached hydrogens (primary N) is 1. The average Bonchev–Trinajstić information content (AvgIpc) is 2.98. The van der Waals surface area contributed by atoms with Gasteiger partial charge in [0, 0.05) is 18.3 Å². The number of anilines is 3. The van der Waals surface area contributed by atoms with E-state index >= 15 is 0 Å². The normalized spacial score (nSPS) is 19.8. The van der Waals surface area contributed by atoms with Crippen LogP contribution in [-0.2, 0) is 11.2 Å². The monoisotopic (exact) mass is 274 g/mol. The number of likely N-dealkylation sites (tertiary alicyclic amines) is 1. The molecule has 0 aromatic heterocycles. The summed E-state index contributed by atoms with van der Waals surface area (Å²) in [5.41, 5.74) is 9.59. The molecule has 3 rings (SSSR count). The van der Waals surface area contributed by atoms with Crippen LogP contribution in [0.15, 0.2) is 12.1 Å². The van der Waals surface area contributed by atoms with Crippen molar-refractivity contribution in [2.45, 2.75) is 32.2 Å². The molecule has 0 aliphatic carbocycles. The van der Waals surface area contributed by atoms with Crippen molar-refractivity contribution in [3.8, 4) is 0 Å². The van der Waals surface area contributed by atoms with Gasteiger partial charge in [0.1, 0.15) is 0 Å². The summed E-state index contributed by atoms with van der Waals surface area (Å²) in [4.78, 5) is 13.9. The minimum absolute atomic E-state index is 0.0432. The summed E-state index contributed by atoms with van der Waals surface area (Å²) >= 11 is 0. The predicted octanol–water partition coefficient (Wildman–Crippen LogP) is 1.66. The fourth-order valence-electron chi connectivity index (χ4n) is 3.08. The van der Waals surface area contributed by atoms with Crippen LogP contribution in [0, 0.1) is 0 Å². The lowest BCUT2D eigenvalue weighted by Gasteiger charge is -2.23. The van der Waals surface area contributed by atoms with Crippen LogP contribution in [0.5, 0.6) is 0 Å². The molecule has 0 spiro atoms. The van der Waals surface area contributed by atoms with E-state index in [1.54, 1.807) is 0 Å². The molecule has 1 atom stereocenters. The second-order valence-electron chi connectivity index (χ2n) is 5.87. The smallest absolute Gasteiger partial charge is 0.228 e. The molecule has 2 heterocycles. The molecule has 0 saturated carbocycles. The molecule has 0 radical (unpaired) electrons. The predicted molar refractivity (Wildman–Crippen MR) is 81.9 cm³/mol. The van der Waals surface area contributed by atoms with Gasteiger partial charge >= 0.3 is 0 Å². The third-order valence-electron chi connectivity index (χ3n) is 4.03. The molecule has 1 amide bonds. The maximum absolute atomic E-state index is 11.4. The number of rotatable bonds is 4. The van der Waals surface area contributed by atoms with Crippen molar-refractivity contribution in [1.29, 1.82) is 0 Å². The minimum atomic E-state index is 0.0432. The molecule has 1 aromatic rings. The summed E-state index contributed by atoms with van der Waals surface area (Å²) in [5, 5.41) is 6.33. The van der Waals surface area contributed by atoms with Gasteiger partial charge in [-0.15, -0.1) is 0 Å². The van der Waals surface area contributed by atoms with Crippen LogP contribution in [-0.4, -0.2) is 36.5 Å². The number of benzene rings is 1. The minimum Gasteiger partial charge on any atom is -0.397 e. The van der Waals surface area contributed by atoms with E-state index in [9.17, 15) is 4.79 Å². The average molecular weight is 274 g/mol. The Labute approximate surface area is 119 Å². The van der Waals surface area contributed by atoms with E-state index < -0.39 is 0 Å². The Balaban J connectivity index is 1.67. The van der Waals surface area contributed by atoms with E-state index in [0.29, 0.717) is 18.2 Å². The zero-order valence-corrected chi connectivity index (χ0v) is 11.9. The van der Waals surface area contributed by atoms with E-state index in [0.717, 1.165) is 23.5 Å². The summed E-state index contributed by atoms with van der Waals surface area (Å²) in [6.45, 7) is 5.59. The van der Waals surface area contributed by atoms with Crippen molar-refractivity contribution in [1.82, 2.24) is 4.90 Å². The molecule has 5 heteroatoms. The number of hydrogen-bond donors (Lipinski definition) is 3. The van der Waals surface area contributed by atoms with Gasteiger partial charge in [-0.05, 0) is 50.6 Å². The van der Waals surface area contributed by atoms with Gasteiger partial charge in [0.05, 0.1) is 17.8 Å². The van der Waals surface area contributed by atoms with E-state index in [2.05, 4.69) is 22.5 Å². The first-order chi connectivity index (χ1) is 9.61. The van der Waals surface area contributed by atoms with Gasteiger partial charge in [-0.3, -0.25) is 4.79 Å². The van der Waals surface area contributed by atoms with Crippen molar-refractivity contribution in [2.24, 2.45) is 0 Å². The summed E-state index contributed by atoms with van der Waals surface area (Å²) in [5.74, 6) is 0.0432. The molecule has 1 unspecified atom stereocenters. The highest BCUT2D eigenvalue weighted by molar-refractivity contribution is 6.00. The molecule has 1 saturated heterocycles. The van der Waals surface area contributed by atoms with E-state index in [1.807, 2.05) is 12.1 Å². The number of carbonyl (C=O) groups is 1. The maximum Gasteiger partial charge on any atom is 0.228 e. The second-order valence-corrected chi connectivity index (χ2v) is 5.87. The summed E-state index contributed by atoms with van der Waals surface area (Å²) in [6.07, 6.45) is 3.04. The topological polar surface area (TPSA) is 70.4 Å². The summed E-state index contributed by atoms with van der Waals surface area (Å²) < 4.78 is 0. The van der Waals surface area contributed by atoms with Gasteiger partial charge < -0.3 is 21.3 Å². The molecule has 5 nitrogen and oxygen atoms in total. The SMILES string of the molecule is CC(CN1CCCC1)Nc1cc2c(cc1N)CC(=O)N2. The van der Waals surface area contributed by atoms with Gasteiger partial charge in [-0.1, -0.05) is 0 Å². The highest BCUT2D eigenvalue weighted by Gasteiger charge is 2.20. The molecule has 108 valence electrons. The molecule has 2 aliphatic rings. The van der Waals surface area contributed by atoms with Crippen molar-refractivity contribution in [3.63, 3.8) is 0 Å². The quantitative estimate of drug-likeness (QED) is 0.730. The van der Waals surface area contributed by atoms with Gasteiger partial charge in [0.2, 0.25) is 5.91 Å². The first-order valence-corrected chi connectivity index (χ1v) is 7.33. The van der Waals surface area contributed by atoms with Crippen LogP contribution in [0.3, 0.4) is 0 Å². The van der Waals surface area contributed by atoms with Crippen LogP contribution in [0.25, 0.3) is 0 Å². The zero-order valence-electron chi connectivity index (χ0n) is 11.9. The van der Waals surface area contributed by atoms with Crippen LogP contribution in [0.4, 0.5) is 17.1 Å². The fraction of sp³-hybridized carbons (Fsp3) is 0.533. The number of nitrogen functional groups attached to an aromatic ring is 1. The Morgan fingerprint density at radius 3 is 2.90 bits per heavy atom. The lowest BCUT2D eigenvalue weighted by Crippen LogP contribution is -2.33. The maximum atomic E-state index is 11.4. The largest absolute Gasteiger partial charge is 0.397 e. The standard InChI is InChI=1S/C15H22N4O/c1-10(9-19-4-2-3-5-19)17-14-8-13-11(6-12(14)16)7-15(20)18-13/h6,8,10,17H,2-5,7,9,16H2,1H3,(H,18,20). The molecular formula is C15H22N4O. The lowest BCUT2D eigenvalue weighted by molar-refractivity contribution is -0.115. The lowest BCUT2D eigenvalue weighted by atomic mass is 10.1. The first kappa shape index (κ1) is 13.2. The van der Waals surface area contributed by atoms with Crippen LogP contribution >= 0.6 is 0 Å². The highest BCUT2D eigenvalue weighted by Crippen LogP contribution is 2.31. The van der Waals surface area contributed by atoms with E-state index in [1.165, 1.54) is 25.9 Å². The summed E-state index contributed by atoms with van der Waals surface area (Å²) in [7, 11) is 0. The molecule has 0 bridgehead atoms. The second kappa shape index (κ2) is 5.32. The van der Waals surface area contributed by atoms with Crippen molar-refractivity contribution < 1.29 is 4.79 Å². The Kier molecular flexibility index (Phi) is 3.53. The highest BCUT2D eigenvalue weighted by atomic mass is 16.1. The number of fused-ring (bicyclic) bond motifs is 1. The molecule has 2 aliphatic heterocycles. The van der Waals surface area contributed by atoms with Gasteiger partial charge in [-0.25, -0.2) is 0 Å².